The number of nitrogens with two attached hydrogens (primary N) is 1. The minimum absolute atomic E-state index is 0.456. The highest BCUT2D eigenvalue weighted by Crippen LogP contribution is 2.43. The number of ether oxygens (including phenoxy) is 1. The Morgan fingerprint density at radius 1 is 1.17 bits per heavy atom. The lowest BCUT2D eigenvalue weighted by molar-refractivity contribution is 0.0836. The van der Waals surface area contributed by atoms with Gasteiger partial charge in [-0.2, -0.15) is 0 Å². The monoisotopic (exact) mass is 255 g/mol. The summed E-state index contributed by atoms with van der Waals surface area (Å²) in [6, 6.07) is 0. The van der Waals surface area contributed by atoms with Crippen LogP contribution in [0.1, 0.15) is 59.8 Å². The van der Waals surface area contributed by atoms with Gasteiger partial charge in [-0.1, -0.05) is 20.8 Å². The maximum atomic E-state index is 5.95. The second-order valence-electron chi connectivity index (χ2n) is 6.97. The van der Waals surface area contributed by atoms with Crippen molar-refractivity contribution in [1.82, 2.24) is 0 Å². The van der Waals surface area contributed by atoms with Crippen molar-refractivity contribution < 1.29 is 4.74 Å². The minimum Gasteiger partial charge on any atom is -0.382 e. The number of hydrogen-bond donors (Lipinski definition) is 1. The molecule has 0 aliphatic heterocycles. The van der Waals surface area contributed by atoms with Crippen molar-refractivity contribution in [3.8, 4) is 0 Å². The zero-order valence-corrected chi connectivity index (χ0v) is 12.9. The van der Waals surface area contributed by atoms with Crippen LogP contribution in [-0.2, 0) is 4.74 Å². The summed E-state index contributed by atoms with van der Waals surface area (Å²) in [5.41, 5.74) is 6.40. The third kappa shape index (κ3) is 4.89. The summed E-state index contributed by atoms with van der Waals surface area (Å²) in [7, 11) is 0. The third-order valence-corrected chi connectivity index (χ3v) is 4.74. The first kappa shape index (κ1) is 16.0. The van der Waals surface area contributed by atoms with Gasteiger partial charge in [-0.05, 0) is 68.7 Å². The molecule has 3 unspecified atom stereocenters. The van der Waals surface area contributed by atoms with Crippen LogP contribution in [0.3, 0.4) is 0 Å². The van der Waals surface area contributed by atoms with Crippen LogP contribution in [-0.4, -0.2) is 19.8 Å². The summed E-state index contributed by atoms with van der Waals surface area (Å²) in [5.74, 6) is 2.45. The summed E-state index contributed by atoms with van der Waals surface area (Å²) in [4.78, 5) is 0. The zero-order chi connectivity index (χ0) is 13.6. The molecule has 0 amide bonds. The predicted octanol–water partition coefficient (Wildman–Crippen LogP) is 3.84. The van der Waals surface area contributed by atoms with Gasteiger partial charge in [0, 0.05) is 13.2 Å². The van der Waals surface area contributed by atoms with E-state index in [9.17, 15) is 0 Å². The van der Waals surface area contributed by atoms with Gasteiger partial charge in [0.1, 0.15) is 0 Å². The molecule has 0 aromatic heterocycles. The second-order valence-corrected chi connectivity index (χ2v) is 6.97. The van der Waals surface area contributed by atoms with Crippen LogP contribution in [0.25, 0.3) is 0 Å². The van der Waals surface area contributed by atoms with Crippen LogP contribution in [0.4, 0.5) is 0 Å². The van der Waals surface area contributed by atoms with E-state index in [1.807, 2.05) is 0 Å². The van der Waals surface area contributed by atoms with Crippen LogP contribution in [0, 0.1) is 23.2 Å². The fourth-order valence-corrected chi connectivity index (χ4v) is 3.37. The summed E-state index contributed by atoms with van der Waals surface area (Å²) in [5, 5.41) is 0. The van der Waals surface area contributed by atoms with E-state index in [0.29, 0.717) is 5.41 Å². The van der Waals surface area contributed by atoms with Gasteiger partial charge >= 0.3 is 0 Å². The SMILES string of the molecule is CCOCCCC1CC(C(C)(C)C)CCC1CN. The van der Waals surface area contributed by atoms with E-state index in [4.69, 9.17) is 10.5 Å². The Balaban J connectivity index is 2.43. The molecule has 1 rings (SSSR count). The second kappa shape index (κ2) is 7.49. The molecular formula is C16H33NO. The summed E-state index contributed by atoms with van der Waals surface area (Å²) in [6.07, 6.45) is 6.57. The zero-order valence-electron chi connectivity index (χ0n) is 12.9. The molecule has 1 aliphatic rings. The Hall–Kier alpha value is -0.0800. The Kier molecular flexibility index (Phi) is 6.65. The van der Waals surface area contributed by atoms with Crippen molar-refractivity contribution in [1.29, 1.82) is 0 Å². The van der Waals surface area contributed by atoms with Crippen LogP contribution in [0.5, 0.6) is 0 Å². The standard InChI is InChI=1S/C16H33NO/c1-5-18-10-6-7-13-11-15(16(2,3)4)9-8-14(13)12-17/h13-15H,5-12,17H2,1-4H3. The predicted molar refractivity (Wildman–Crippen MR) is 78.6 cm³/mol. The molecule has 18 heavy (non-hydrogen) atoms. The first-order valence-corrected chi connectivity index (χ1v) is 7.76. The van der Waals surface area contributed by atoms with Gasteiger partial charge in [0.15, 0.2) is 0 Å². The molecule has 0 bridgehead atoms. The largest absolute Gasteiger partial charge is 0.382 e. The molecule has 108 valence electrons. The Morgan fingerprint density at radius 3 is 2.44 bits per heavy atom. The first-order valence-electron chi connectivity index (χ1n) is 7.76. The molecule has 0 radical (unpaired) electrons. The molecule has 0 aromatic rings. The molecule has 0 saturated heterocycles. The van der Waals surface area contributed by atoms with E-state index in [0.717, 1.165) is 37.5 Å². The highest BCUT2D eigenvalue weighted by Gasteiger charge is 2.34. The Bertz CT molecular complexity index is 222. The molecule has 2 N–H and O–H groups in total. The van der Waals surface area contributed by atoms with Crippen molar-refractivity contribution in [2.45, 2.75) is 59.8 Å². The quantitative estimate of drug-likeness (QED) is 0.732. The lowest BCUT2D eigenvalue weighted by Gasteiger charge is -2.41. The molecule has 1 saturated carbocycles. The van der Waals surface area contributed by atoms with Crippen molar-refractivity contribution in [3.63, 3.8) is 0 Å². The first-order chi connectivity index (χ1) is 8.49. The van der Waals surface area contributed by atoms with Crippen LogP contribution in [0.2, 0.25) is 0 Å². The highest BCUT2D eigenvalue weighted by atomic mass is 16.5. The molecule has 2 heteroatoms. The number of rotatable bonds is 6. The molecular weight excluding hydrogens is 222 g/mol. The molecule has 0 aromatic carbocycles. The van der Waals surface area contributed by atoms with Crippen molar-refractivity contribution in [2.75, 3.05) is 19.8 Å². The van der Waals surface area contributed by atoms with E-state index >= 15 is 0 Å². The van der Waals surface area contributed by atoms with Gasteiger partial charge in [-0.3, -0.25) is 0 Å². The summed E-state index contributed by atoms with van der Waals surface area (Å²) >= 11 is 0. The maximum Gasteiger partial charge on any atom is 0.0465 e. The fraction of sp³-hybridized carbons (Fsp3) is 1.00. The fourth-order valence-electron chi connectivity index (χ4n) is 3.37. The van der Waals surface area contributed by atoms with Gasteiger partial charge in [0.2, 0.25) is 0 Å². The van der Waals surface area contributed by atoms with E-state index < -0.39 is 0 Å². The Morgan fingerprint density at radius 2 is 1.89 bits per heavy atom. The van der Waals surface area contributed by atoms with Gasteiger partial charge in [0.25, 0.3) is 0 Å². The Labute approximate surface area is 114 Å². The smallest absolute Gasteiger partial charge is 0.0465 e. The number of hydrogen-bond acceptors (Lipinski definition) is 2. The summed E-state index contributed by atoms with van der Waals surface area (Å²) < 4.78 is 5.46. The third-order valence-electron chi connectivity index (χ3n) is 4.74. The van der Waals surface area contributed by atoms with E-state index in [1.165, 1.54) is 32.1 Å². The average molecular weight is 255 g/mol. The topological polar surface area (TPSA) is 35.2 Å². The van der Waals surface area contributed by atoms with Crippen molar-refractivity contribution in [3.05, 3.63) is 0 Å². The lowest BCUT2D eigenvalue weighted by Crippen LogP contribution is -2.35. The van der Waals surface area contributed by atoms with E-state index in [2.05, 4.69) is 27.7 Å². The molecule has 0 spiro atoms. The van der Waals surface area contributed by atoms with Crippen LogP contribution < -0.4 is 5.73 Å². The molecule has 1 aliphatic carbocycles. The summed E-state index contributed by atoms with van der Waals surface area (Å²) in [6.45, 7) is 11.9. The highest BCUT2D eigenvalue weighted by molar-refractivity contribution is 4.86. The average Bonchev–Trinajstić information content (AvgIpc) is 2.33. The molecule has 3 atom stereocenters. The maximum absolute atomic E-state index is 5.95. The van der Waals surface area contributed by atoms with E-state index in [-0.39, 0.29) is 0 Å². The van der Waals surface area contributed by atoms with Gasteiger partial charge < -0.3 is 10.5 Å². The van der Waals surface area contributed by atoms with Gasteiger partial charge in [-0.25, -0.2) is 0 Å². The minimum atomic E-state index is 0.456. The lowest BCUT2D eigenvalue weighted by atomic mass is 9.64. The van der Waals surface area contributed by atoms with Gasteiger partial charge in [0.05, 0.1) is 0 Å². The van der Waals surface area contributed by atoms with Crippen LogP contribution >= 0.6 is 0 Å². The normalized spacial score (nSPS) is 29.5. The van der Waals surface area contributed by atoms with Crippen molar-refractivity contribution >= 4 is 0 Å². The molecule has 2 nitrogen and oxygen atoms in total. The molecule has 1 fully saturated rings. The van der Waals surface area contributed by atoms with Crippen LogP contribution in [0.15, 0.2) is 0 Å². The van der Waals surface area contributed by atoms with Crippen molar-refractivity contribution in [2.24, 2.45) is 28.9 Å². The molecule has 0 heterocycles. The van der Waals surface area contributed by atoms with E-state index in [1.54, 1.807) is 0 Å². The van der Waals surface area contributed by atoms with Gasteiger partial charge in [-0.15, -0.1) is 0 Å².